The minimum atomic E-state index is -0.768. The van der Waals surface area contributed by atoms with Gasteiger partial charge in [0.15, 0.2) is 6.10 Å². The number of carbonyl (C=O) groups excluding carboxylic acids is 3. The van der Waals surface area contributed by atoms with Gasteiger partial charge in [-0.15, -0.1) is 0 Å². The second-order valence-corrected chi connectivity index (χ2v) is 16.0. The van der Waals surface area contributed by atoms with E-state index in [1.165, 1.54) is 122 Å². The number of hydrogen-bond donors (Lipinski definition) is 0. The van der Waals surface area contributed by atoms with Crippen LogP contribution in [0.15, 0.2) is 36.5 Å². The Morgan fingerprint density at radius 2 is 0.696 bits per heavy atom. The molecular weight excluding hydrogens is 697 g/mol. The van der Waals surface area contributed by atoms with Crippen molar-refractivity contribution in [1.82, 2.24) is 0 Å². The summed E-state index contributed by atoms with van der Waals surface area (Å²) < 4.78 is 16.7. The quantitative estimate of drug-likeness (QED) is 0.0265. The van der Waals surface area contributed by atoms with Crippen LogP contribution in [-0.2, 0) is 28.6 Å². The highest BCUT2D eigenvalue weighted by Crippen LogP contribution is 2.15. The van der Waals surface area contributed by atoms with Crippen molar-refractivity contribution in [1.29, 1.82) is 0 Å². The molecule has 0 aromatic heterocycles. The number of esters is 3. The van der Waals surface area contributed by atoms with Crippen LogP contribution >= 0.6 is 0 Å². The lowest BCUT2D eigenvalue weighted by atomic mass is 10.0. The molecule has 0 amide bonds. The van der Waals surface area contributed by atoms with Crippen molar-refractivity contribution >= 4 is 17.9 Å². The number of carbonyl (C=O) groups is 3. The third kappa shape index (κ3) is 42.8. The molecule has 0 aliphatic carbocycles. The number of hydrogen-bond acceptors (Lipinski definition) is 6. The average Bonchev–Trinajstić information content (AvgIpc) is 3.19. The van der Waals surface area contributed by atoms with Crippen LogP contribution in [0.5, 0.6) is 0 Å². The van der Waals surface area contributed by atoms with Gasteiger partial charge in [-0.2, -0.15) is 0 Å². The van der Waals surface area contributed by atoms with Gasteiger partial charge >= 0.3 is 17.9 Å². The van der Waals surface area contributed by atoms with Gasteiger partial charge in [-0.3, -0.25) is 14.4 Å². The van der Waals surface area contributed by atoms with Crippen LogP contribution in [0.2, 0.25) is 0 Å². The van der Waals surface area contributed by atoms with Crippen LogP contribution < -0.4 is 0 Å². The van der Waals surface area contributed by atoms with E-state index in [-0.39, 0.29) is 31.1 Å². The van der Waals surface area contributed by atoms with E-state index in [0.29, 0.717) is 19.3 Å². The molecule has 0 radical (unpaired) electrons. The highest BCUT2D eigenvalue weighted by molar-refractivity contribution is 5.71. The van der Waals surface area contributed by atoms with Gasteiger partial charge in [0.05, 0.1) is 0 Å². The predicted octanol–water partition coefficient (Wildman–Crippen LogP) is 15.4. The second-order valence-electron chi connectivity index (χ2n) is 16.0. The van der Waals surface area contributed by atoms with Gasteiger partial charge in [0, 0.05) is 19.3 Å². The van der Waals surface area contributed by atoms with Crippen LogP contribution in [0.3, 0.4) is 0 Å². The Hall–Kier alpha value is -2.37. The normalized spacial score (nSPS) is 12.3. The SMILES string of the molecule is CC/C=C\C/C=C\C/C=C\CCCCCCCCCC(=O)OCC(COC(=O)CCCCCCCCCCC)OC(=O)CCCCCCCCCCCCCC. The summed E-state index contributed by atoms with van der Waals surface area (Å²) in [6.07, 6.45) is 51.2. The third-order valence-electron chi connectivity index (χ3n) is 10.4. The van der Waals surface area contributed by atoms with Crippen LogP contribution in [0, 0.1) is 0 Å². The molecule has 0 rings (SSSR count). The highest BCUT2D eigenvalue weighted by atomic mass is 16.6. The standard InChI is InChI=1S/C50H90O6/c1-4-7-10-13-16-19-21-23-24-25-26-27-29-31-34-37-40-43-49(52)55-46-47(45-54-48(51)42-39-36-33-30-18-15-12-9-6-3)56-50(53)44-41-38-35-32-28-22-20-17-14-11-8-5-2/h7,10,16,19,23-24,47H,4-6,8-9,11-15,17-18,20-22,25-46H2,1-3H3/b10-7-,19-16-,24-23-. The van der Waals surface area contributed by atoms with Crippen LogP contribution in [-0.4, -0.2) is 37.2 Å². The molecule has 56 heavy (non-hydrogen) atoms. The first-order chi connectivity index (χ1) is 27.5. The van der Waals surface area contributed by atoms with E-state index in [2.05, 4.69) is 57.2 Å². The Kier molecular flexibility index (Phi) is 43.4. The van der Waals surface area contributed by atoms with E-state index in [0.717, 1.165) is 83.5 Å². The van der Waals surface area contributed by atoms with E-state index in [9.17, 15) is 14.4 Å². The van der Waals surface area contributed by atoms with Crippen LogP contribution in [0.1, 0.15) is 245 Å². The zero-order valence-corrected chi connectivity index (χ0v) is 37.2. The predicted molar refractivity (Wildman–Crippen MR) is 238 cm³/mol. The first-order valence-corrected chi connectivity index (χ1v) is 24.0. The summed E-state index contributed by atoms with van der Waals surface area (Å²) in [4.78, 5) is 37.7. The fraction of sp³-hybridized carbons (Fsp3) is 0.820. The molecule has 0 bridgehead atoms. The Labute approximate surface area is 346 Å². The molecule has 0 aromatic rings. The number of allylic oxidation sites excluding steroid dienone is 6. The molecule has 0 aliphatic heterocycles. The van der Waals surface area contributed by atoms with Crippen LogP contribution in [0.25, 0.3) is 0 Å². The summed E-state index contributed by atoms with van der Waals surface area (Å²) in [5.74, 6) is -0.879. The Bertz CT molecular complexity index is 953. The van der Waals surface area contributed by atoms with Gasteiger partial charge in [-0.25, -0.2) is 0 Å². The maximum absolute atomic E-state index is 12.7. The Morgan fingerprint density at radius 1 is 0.375 bits per heavy atom. The van der Waals surface area contributed by atoms with Crippen molar-refractivity contribution in [3.63, 3.8) is 0 Å². The Morgan fingerprint density at radius 3 is 1.09 bits per heavy atom. The summed E-state index contributed by atoms with van der Waals surface area (Å²) in [7, 11) is 0. The summed E-state index contributed by atoms with van der Waals surface area (Å²) in [6.45, 7) is 6.50. The van der Waals surface area contributed by atoms with Gasteiger partial charge in [0.2, 0.25) is 0 Å². The van der Waals surface area contributed by atoms with Crippen LogP contribution in [0.4, 0.5) is 0 Å². The largest absolute Gasteiger partial charge is 0.462 e. The monoisotopic (exact) mass is 787 g/mol. The van der Waals surface area contributed by atoms with Gasteiger partial charge < -0.3 is 14.2 Å². The third-order valence-corrected chi connectivity index (χ3v) is 10.4. The van der Waals surface area contributed by atoms with Gasteiger partial charge in [0.25, 0.3) is 0 Å². The number of ether oxygens (including phenoxy) is 3. The maximum Gasteiger partial charge on any atom is 0.306 e. The zero-order valence-electron chi connectivity index (χ0n) is 37.2. The summed E-state index contributed by atoms with van der Waals surface area (Å²) in [6, 6.07) is 0. The maximum atomic E-state index is 12.7. The Balaban J connectivity index is 4.31. The van der Waals surface area contributed by atoms with Gasteiger partial charge in [0.1, 0.15) is 13.2 Å². The van der Waals surface area contributed by atoms with E-state index in [4.69, 9.17) is 14.2 Å². The van der Waals surface area contributed by atoms with Crippen molar-refractivity contribution in [3.8, 4) is 0 Å². The molecule has 0 heterocycles. The molecule has 1 unspecified atom stereocenters. The lowest BCUT2D eigenvalue weighted by Crippen LogP contribution is -2.30. The van der Waals surface area contributed by atoms with Crippen molar-refractivity contribution in [2.45, 2.75) is 252 Å². The van der Waals surface area contributed by atoms with Crippen molar-refractivity contribution in [2.75, 3.05) is 13.2 Å². The molecule has 326 valence electrons. The first-order valence-electron chi connectivity index (χ1n) is 24.0. The molecule has 0 N–H and O–H groups in total. The molecular formula is C50H90O6. The van der Waals surface area contributed by atoms with E-state index >= 15 is 0 Å². The number of rotatable bonds is 43. The van der Waals surface area contributed by atoms with Crippen molar-refractivity contribution in [2.24, 2.45) is 0 Å². The fourth-order valence-corrected chi connectivity index (χ4v) is 6.81. The highest BCUT2D eigenvalue weighted by Gasteiger charge is 2.19. The summed E-state index contributed by atoms with van der Waals surface area (Å²) >= 11 is 0. The summed E-state index contributed by atoms with van der Waals surface area (Å²) in [5, 5.41) is 0. The van der Waals surface area contributed by atoms with Crippen molar-refractivity contribution < 1.29 is 28.6 Å². The molecule has 0 saturated heterocycles. The van der Waals surface area contributed by atoms with E-state index in [1.54, 1.807) is 0 Å². The smallest absolute Gasteiger partial charge is 0.306 e. The van der Waals surface area contributed by atoms with Crippen molar-refractivity contribution in [3.05, 3.63) is 36.5 Å². The van der Waals surface area contributed by atoms with Gasteiger partial charge in [-0.05, 0) is 51.4 Å². The van der Waals surface area contributed by atoms with E-state index < -0.39 is 6.10 Å². The molecule has 0 aromatic carbocycles. The second kappa shape index (κ2) is 45.3. The number of unbranched alkanes of at least 4 members (excludes halogenated alkanes) is 26. The molecule has 0 spiro atoms. The molecule has 1 atom stereocenters. The average molecular weight is 787 g/mol. The van der Waals surface area contributed by atoms with Gasteiger partial charge in [-0.1, -0.05) is 211 Å². The van der Waals surface area contributed by atoms with E-state index in [1.807, 2.05) is 0 Å². The lowest BCUT2D eigenvalue weighted by molar-refractivity contribution is -0.167. The lowest BCUT2D eigenvalue weighted by Gasteiger charge is -2.18. The fourth-order valence-electron chi connectivity index (χ4n) is 6.81. The minimum absolute atomic E-state index is 0.0719. The molecule has 0 saturated carbocycles. The topological polar surface area (TPSA) is 78.9 Å². The molecule has 0 aliphatic rings. The molecule has 6 nitrogen and oxygen atoms in total. The summed E-state index contributed by atoms with van der Waals surface area (Å²) in [5.41, 5.74) is 0. The minimum Gasteiger partial charge on any atom is -0.462 e. The zero-order chi connectivity index (χ0) is 40.8. The molecule has 6 heteroatoms. The molecule has 0 fully saturated rings. The first kappa shape index (κ1) is 53.6.